The number of hydrogen-bond donors (Lipinski definition) is 3. The number of nitro groups is 1. The quantitative estimate of drug-likeness (QED) is 0.236. The Morgan fingerprint density at radius 1 is 1.15 bits per heavy atom. The summed E-state index contributed by atoms with van der Waals surface area (Å²) < 4.78 is 4.91. The van der Waals surface area contributed by atoms with E-state index in [0.717, 1.165) is 31.6 Å². The van der Waals surface area contributed by atoms with Crippen LogP contribution in [0.2, 0.25) is 0 Å². The van der Waals surface area contributed by atoms with E-state index >= 15 is 0 Å². The first kappa shape index (κ1) is 18.3. The van der Waals surface area contributed by atoms with E-state index in [1.807, 2.05) is 6.07 Å². The molecule has 142 valence electrons. The number of carbonyl (C=O) groups is 1. The zero-order valence-corrected chi connectivity index (χ0v) is 14.6. The summed E-state index contributed by atoms with van der Waals surface area (Å²) >= 11 is 0. The Hall–Kier alpha value is -3.49. The van der Waals surface area contributed by atoms with Crippen LogP contribution in [0.5, 0.6) is 5.75 Å². The number of ether oxygens (including phenoxy) is 1. The van der Waals surface area contributed by atoms with Gasteiger partial charge in [-0.15, -0.1) is 0 Å². The van der Waals surface area contributed by atoms with Crippen molar-refractivity contribution in [2.45, 2.75) is 19.3 Å². The van der Waals surface area contributed by atoms with Gasteiger partial charge in [0.25, 0.3) is 5.69 Å². The van der Waals surface area contributed by atoms with E-state index in [-0.39, 0.29) is 22.8 Å². The highest BCUT2D eigenvalue weighted by Crippen LogP contribution is 2.36. The summed E-state index contributed by atoms with van der Waals surface area (Å²) in [5.41, 5.74) is 7.02. The van der Waals surface area contributed by atoms with Crippen molar-refractivity contribution >= 4 is 34.6 Å². The van der Waals surface area contributed by atoms with Crippen LogP contribution < -0.4 is 20.7 Å². The third kappa shape index (κ3) is 4.38. The van der Waals surface area contributed by atoms with Crippen molar-refractivity contribution in [2.75, 3.05) is 29.0 Å². The van der Waals surface area contributed by atoms with Gasteiger partial charge in [0.05, 0.1) is 10.6 Å². The maximum absolute atomic E-state index is 11.3. The topological polar surface area (TPSA) is 131 Å². The summed E-state index contributed by atoms with van der Waals surface area (Å²) in [4.78, 5) is 24.0. The molecule has 0 atom stereocenters. The number of hydrogen-bond acceptors (Lipinski definition) is 7. The normalized spacial score (nSPS) is 13.9. The molecule has 0 radical (unpaired) electrons. The third-order valence-electron chi connectivity index (χ3n) is 4.37. The van der Waals surface area contributed by atoms with E-state index in [1.165, 1.54) is 24.6 Å². The molecule has 0 aromatic heterocycles. The van der Waals surface area contributed by atoms with Crippen LogP contribution in [0.1, 0.15) is 19.3 Å². The van der Waals surface area contributed by atoms with Crippen LogP contribution in [0.15, 0.2) is 36.4 Å². The number of piperidine rings is 1. The van der Waals surface area contributed by atoms with E-state index < -0.39 is 11.1 Å². The predicted octanol–water partition coefficient (Wildman–Crippen LogP) is 3.97. The number of nitro benzene ring substituents is 1. The van der Waals surface area contributed by atoms with E-state index in [1.54, 1.807) is 12.1 Å². The standard InChI is InChI=1S/C18H20N4O5/c19-12-4-6-14(16(10-12)22(25)26)20-15-7-5-13(11-17(15)27-18(23)24)21-8-2-1-3-9-21/h4-7,10-11,20H,1-3,8-9,19H2,(H,23,24). The van der Waals surface area contributed by atoms with Crippen molar-refractivity contribution in [1.29, 1.82) is 0 Å². The second-order valence-electron chi connectivity index (χ2n) is 6.25. The molecule has 1 aliphatic heterocycles. The molecule has 0 bridgehead atoms. The number of anilines is 4. The van der Waals surface area contributed by atoms with E-state index in [0.29, 0.717) is 5.69 Å². The first-order chi connectivity index (χ1) is 12.9. The first-order valence-electron chi connectivity index (χ1n) is 8.55. The lowest BCUT2D eigenvalue weighted by atomic mass is 10.1. The highest BCUT2D eigenvalue weighted by atomic mass is 16.7. The van der Waals surface area contributed by atoms with E-state index in [4.69, 9.17) is 15.6 Å². The van der Waals surface area contributed by atoms with Crippen molar-refractivity contribution in [3.05, 3.63) is 46.5 Å². The largest absolute Gasteiger partial charge is 0.511 e. The van der Waals surface area contributed by atoms with Gasteiger partial charge in [-0.3, -0.25) is 10.1 Å². The number of benzene rings is 2. The van der Waals surface area contributed by atoms with Gasteiger partial charge < -0.3 is 25.8 Å². The maximum atomic E-state index is 11.3. The Labute approximate surface area is 155 Å². The Bertz CT molecular complexity index is 865. The Kier molecular flexibility index (Phi) is 5.30. The summed E-state index contributed by atoms with van der Waals surface area (Å²) in [5.74, 6) is 0.0803. The van der Waals surface area contributed by atoms with Gasteiger partial charge in [0, 0.05) is 36.6 Å². The Morgan fingerprint density at radius 2 is 1.85 bits per heavy atom. The molecule has 1 saturated heterocycles. The van der Waals surface area contributed by atoms with Crippen molar-refractivity contribution in [3.8, 4) is 5.75 Å². The molecule has 1 heterocycles. The molecule has 1 fully saturated rings. The number of nitrogens with zero attached hydrogens (tertiary/aromatic N) is 2. The van der Waals surface area contributed by atoms with Crippen molar-refractivity contribution in [3.63, 3.8) is 0 Å². The Balaban J connectivity index is 1.94. The molecular weight excluding hydrogens is 352 g/mol. The number of nitrogen functional groups attached to an aromatic ring is 1. The molecule has 0 amide bonds. The number of nitrogens with one attached hydrogen (secondary N) is 1. The lowest BCUT2D eigenvalue weighted by molar-refractivity contribution is -0.383. The molecule has 0 spiro atoms. The minimum Gasteiger partial charge on any atom is -0.449 e. The molecule has 4 N–H and O–H groups in total. The first-order valence-corrected chi connectivity index (χ1v) is 8.55. The lowest BCUT2D eigenvalue weighted by Gasteiger charge is -2.29. The fourth-order valence-corrected chi connectivity index (χ4v) is 3.09. The van der Waals surface area contributed by atoms with Gasteiger partial charge in [0.1, 0.15) is 5.69 Å². The van der Waals surface area contributed by atoms with Gasteiger partial charge in [-0.1, -0.05) is 0 Å². The van der Waals surface area contributed by atoms with Gasteiger partial charge in [0.2, 0.25) is 0 Å². The molecule has 1 aliphatic rings. The van der Waals surface area contributed by atoms with E-state index in [9.17, 15) is 14.9 Å². The molecule has 0 saturated carbocycles. The second-order valence-corrected chi connectivity index (χ2v) is 6.25. The van der Waals surface area contributed by atoms with Gasteiger partial charge in [0.15, 0.2) is 5.75 Å². The minimum atomic E-state index is -1.46. The number of nitrogens with two attached hydrogens (primary N) is 1. The molecule has 2 aromatic carbocycles. The molecule has 9 heteroatoms. The highest BCUT2D eigenvalue weighted by molar-refractivity contribution is 5.78. The summed E-state index contributed by atoms with van der Waals surface area (Å²) in [5, 5.41) is 23.2. The van der Waals surface area contributed by atoms with Gasteiger partial charge in [-0.05, 0) is 43.5 Å². The predicted molar refractivity (Wildman–Crippen MR) is 102 cm³/mol. The van der Waals surface area contributed by atoms with Crippen LogP contribution in [0.3, 0.4) is 0 Å². The maximum Gasteiger partial charge on any atom is 0.511 e. The molecule has 0 unspecified atom stereocenters. The summed E-state index contributed by atoms with van der Waals surface area (Å²) in [6.45, 7) is 1.78. The number of carboxylic acid groups (broad SMARTS) is 1. The number of rotatable bonds is 5. The molecule has 9 nitrogen and oxygen atoms in total. The molecule has 3 rings (SSSR count). The average Bonchev–Trinajstić information content (AvgIpc) is 2.64. The third-order valence-corrected chi connectivity index (χ3v) is 4.37. The highest BCUT2D eigenvalue weighted by Gasteiger charge is 2.19. The fourth-order valence-electron chi connectivity index (χ4n) is 3.09. The lowest BCUT2D eigenvalue weighted by Crippen LogP contribution is -2.29. The van der Waals surface area contributed by atoms with Crippen molar-refractivity contribution in [2.24, 2.45) is 0 Å². The van der Waals surface area contributed by atoms with Crippen LogP contribution >= 0.6 is 0 Å². The van der Waals surface area contributed by atoms with Gasteiger partial charge in [-0.25, -0.2) is 4.79 Å². The Morgan fingerprint density at radius 3 is 2.52 bits per heavy atom. The van der Waals surface area contributed by atoms with Crippen LogP contribution in [-0.2, 0) is 0 Å². The van der Waals surface area contributed by atoms with Gasteiger partial charge >= 0.3 is 6.16 Å². The summed E-state index contributed by atoms with van der Waals surface area (Å²) in [7, 11) is 0. The molecular formula is C18H20N4O5. The summed E-state index contributed by atoms with van der Waals surface area (Å²) in [6, 6.07) is 9.35. The summed E-state index contributed by atoms with van der Waals surface area (Å²) in [6.07, 6.45) is 1.87. The molecule has 27 heavy (non-hydrogen) atoms. The van der Waals surface area contributed by atoms with Crippen LogP contribution in [-0.4, -0.2) is 29.3 Å². The van der Waals surface area contributed by atoms with E-state index in [2.05, 4.69) is 10.2 Å². The fraction of sp³-hybridized carbons (Fsp3) is 0.278. The van der Waals surface area contributed by atoms with Gasteiger partial charge in [-0.2, -0.15) is 0 Å². The zero-order chi connectivity index (χ0) is 19.4. The average molecular weight is 372 g/mol. The van der Waals surface area contributed by atoms with Crippen molar-refractivity contribution < 1.29 is 19.6 Å². The van der Waals surface area contributed by atoms with Crippen LogP contribution in [0.4, 0.5) is 33.2 Å². The monoisotopic (exact) mass is 372 g/mol. The van der Waals surface area contributed by atoms with Crippen LogP contribution in [0, 0.1) is 10.1 Å². The SMILES string of the molecule is Nc1ccc(Nc2ccc(N3CCCCC3)cc2OC(=O)O)c([N+](=O)[O-])c1. The van der Waals surface area contributed by atoms with Crippen molar-refractivity contribution in [1.82, 2.24) is 0 Å². The van der Waals surface area contributed by atoms with Crippen LogP contribution in [0.25, 0.3) is 0 Å². The second kappa shape index (κ2) is 7.81. The molecule has 2 aromatic rings. The smallest absolute Gasteiger partial charge is 0.449 e. The molecule has 0 aliphatic carbocycles. The zero-order valence-electron chi connectivity index (χ0n) is 14.6. The minimum absolute atomic E-state index is 0.0803.